The first-order valence-electron chi connectivity index (χ1n) is 9.93. The summed E-state index contributed by atoms with van der Waals surface area (Å²) in [5, 5.41) is 2.92. The number of benzene rings is 1. The summed E-state index contributed by atoms with van der Waals surface area (Å²) in [4.78, 5) is 39.3. The number of carbonyl (C=O) groups excluding carboxylic acids is 1. The molecular weight excluding hydrogens is 404 g/mol. The van der Waals surface area contributed by atoms with E-state index < -0.39 is 5.69 Å². The molecule has 1 aromatic carbocycles. The Morgan fingerprint density at radius 1 is 1.00 bits per heavy atom. The van der Waals surface area contributed by atoms with Crippen LogP contribution in [0.4, 0.5) is 11.5 Å². The number of nitrogens with one attached hydrogen (secondary N) is 1. The van der Waals surface area contributed by atoms with Crippen LogP contribution in [0.5, 0.6) is 17.2 Å². The van der Waals surface area contributed by atoms with Crippen LogP contribution in [0.1, 0.15) is 12.8 Å². The molecule has 2 aromatic rings. The number of anilines is 2. The van der Waals surface area contributed by atoms with Crippen molar-refractivity contribution < 1.29 is 19.0 Å². The molecule has 1 aromatic heterocycles. The minimum atomic E-state index is -0.397. The van der Waals surface area contributed by atoms with Crippen LogP contribution in [0.3, 0.4) is 0 Å². The highest BCUT2D eigenvalue weighted by molar-refractivity contribution is 5.93. The van der Waals surface area contributed by atoms with Gasteiger partial charge in [0, 0.05) is 51.1 Å². The number of nitrogens with zero attached hydrogens (tertiary/aromatic N) is 3. The molecule has 1 N–H and O–H groups in total. The molecule has 1 fully saturated rings. The Labute approximate surface area is 179 Å². The fourth-order valence-electron chi connectivity index (χ4n) is 3.82. The van der Waals surface area contributed by atoms with Gasteiger partial charge in [0.2, 0.25) is 11.7 Å². The van der Waals surface area contributed by atoms with E-state index in [9.17, 15) is 14.4 Å². The fourth-order valence-corrected chi connectivity index (χ4v) is 3.82. The highest BCUT2D eigenvalue weighted by Crippen LogP contribution is 2.40. The van der Waals surface area contributed by atoms with E-state index >= 15 is 0 Å². The maximum absolute atomic E-state index is 13.0. The molecule has 3 rings (SSSR count). The molecule has 10 heteroatoms. The van der Waals surface area contributed by atoms with Gasteiger partial charge in [0.05, 0.1) is 27.2 Å². The van der Waals surface area contributed by atoms with E-state index in [1.807, 2.05) is 4.90 Å². The summed E-state index contributed by atoms with van der Waals surface area (Å²) in [6, 6.07) is 4.77. The summed E-state index contributed by atoms with van der Waals surface area (Å²) in [5.41, 5.74) is -0.244. The molecule has 1 aliphatic rings. The van der Waals surface area contributed by atoms with Gasteiger partial charge in [0.15, 0.2) is 11.5 Å². The number of ether oxygens (including phenoxy) is 3. The van der Waals surface area contributed by atoms with Crippen LogP contribution in [0.2, 0.25) is 0 Å². The molecule has 1 unspecified atom stereocenters. The van der Waals surface area contributed by atoms with Crippen molar-refractivity contribution in [3.8, 4) is 17.2 Å². The zero-order valence-electron chi connectivity index (χ0n) is 18.4. The van der Waals surface area contributed by atoms with Crippen LogP contribution in [0, 0.1) is 5.92 Å². The van der Waals surface area contributed by atoms with Crippen LogP contribution in [-0.2, 0) is 18.9 Å². The first-order valence-corrected chi connectivity index (χ1v) is 9.93. The maximum Gasteiger partial charge on any atom is 0.332 e. The van der Waals surface area contributed by atoms with Gasteiger partial charge in [-0.15, -0.1) is 0 Å². The van der Waals surface area contributed by atoms with Crippen LogP contribution >= 0.6 is 0 Å². The van der Waals surface area contributed by atoms with E-state index in [4.69, 9.17) is 14.2 Å². The molecule has 0 spiro atoms. The second-order valence-corrected chi connectivity index (χ2v) is 7.43. The lowest BCUT2D eigenvalue weighted by atomic mass is 9.97. The van der Waals surface area contributed by atoms with Crippen LogP contribution in [-0.4, -0.2) is 49.5 Å². The van der Waals surface area contributed by atoms with E-state index in [1.165, 1.54) is 39.0 Å². The van der Waals surface area contributed by atoms with Crippen molar-refractivity contribution in [2.75, 3.05) is 44.6 Å². The Bertz CT molecular complexity index is 1070. The number of amides is 1. The van der Waals surface area contributed by atoms with Crippen LogP contribution in [0.25, 0.3) is 0 Å². The number of hydrogen-bond donors (Lipinski definition) is 1. The van der Waals surface area contributed by atoms with Crippen molar-refractivity contribution in [3.05, 3.63) is 39.0 Å². The van der Waals surface area contributed by atoms with Gasteiger partial charge in [0.1, 0.15) is 5.82 Å². The summed E-state index contributed by atoms with van der Waals surface area (Å²) in [6.45, 7) is 1.06. The Kier molecular flexibility index (Phi) is 6.57. The van der Waals surface area contributed by atoms with Gasteiger partial charge in [0.25, 0.3) is 5.56 Å². The maximum atomic E-state index is 13.0. The molecule has 10 nitrogen and oxygen atoms in total. The molecule has 0 aliphatic carbocycles. The van der Waals surface area contributed by atoms with E-state index in [1.54, 1.807) is 19.2 Å². The molecule has 1 saturated heterocycles. The quantitative estimate of drug-likeness (QED) is 0.725. The van der Waals surface area contributed by atoms with Crippen molar-refractivity contribution in [3.63, 3.8) is 0 Å². The fraction of sp³-hybridized carbons (Fsp3) is 0.476. The zero-order chi connectivity index (χ0) is 22.7. The summed E-state index contributed by atoms with van der Waals surface area (Å²) >= 11 is 0. The van der Waals surface area contributed by atoms with Gasteiger partial charge in [-0.25, -0.2) is 4.79 Å². The first-order chi connectivity index (χ1) is 14.8. The van der Waals surface area contributed by atoms with E-state index in [0.717, 1.165) is 11.0 Å². The molecular formula is C21H28N4O6. The summed E-state index contributed by atoms with van der Waals surface area (Å²) in [6.07, 6.45) is 1.46. The monoisotopic (exact) mass is 432 g/mol. The first kappa shape index (κ1) is 22.3. The molecule has 1 atom stereocenters. The normalized spacial score (nSPS) is 16.0. The SMILES string of the molecule is COc1cc(NC(=O)C2CCCN(c3cc(=O)n(C)c(=O)n3C)C2)cc(OC)c1OC. The smallest absolute Gasteiger partial charge is 0.332 e. The third-order valence-corrected chi connectivity index (χ3v) is 5.55. The van der Waals surface area contributed by atoms with Crippen molar-refractivity contribution in [2.45, 2.75) is 12.8 Å². The van der Waals surface area contributed by atoms with Crippen molar-refractivity contribution in [2.24, 2.45) is 20.0 Å². The van der Waals surface area contributed by atoms with Gasteiger partial charge in [-0.1, -0.05) is 0 Å². The van der Waals surface area contributed by atoms with Gasteiger partial charge in [-0.2, -0.15) is 0 Å². The van der Waals surface area contributed by atoms with Gasteiger partial charge in [-0.3, -0.25) is 18.7 Å². The number of methoxy groups -OCH3 is 3. The molecule has 1 amide bonds. The Balaban J connectivity index is 1.81. The predicted octanol–water partition coefficient (Wildman–Crippen LogP) is 0.965. The predicted molar refractivity (Wildman–Crippen MR) is 117 cm³/mol. The number of aromatic nitrogens is 2. The second-order valence-electron chi connectivity index (χ2n) is 7.43. The number of carbonyl (C=O) groups is 1. The molecule has 2 heterocycles. The lowest BCUT2D eigenvalue weighted by Gasteiger charge is -2.34. The molecule has 0 saturated carbocycles. The Morgan fingerprint density at radius 2 is 1.65 bits per heavy atom. The molecule has 0 radical (unpaired) electrons. The number of hydrogen-bond acceptors (Lipinski definition) is 7. The molecule has 1 aliphatic heterocycles. The van der Waals surface area contributed by atoms with Crippen LogP contribution in [0.15, 0.2) is 27.8 Å². The van der Waals surface area contributed by atoms with Crippen molar-refractivity contribution >= 4 is 17.4 Å². The van der Waals surface area contributed by atoms with Crippen molar-refractivity contribution in [1.29, 1.82) is 0 Å². The van der Waals surface area contributed by atoms with E-state index in [0.29, 0.717) is 48.3 Å². The second kappa shape index (κ2) is 9.15. The van der Waals surface area contributed by atoms with E-state index in [-0.39, 0.29) is 17.4 Å². The van der Waals surface area contributed by atoms with Gasteiger partial charge >= 0.3 is 5.69 Å². The average molecular weight is 432 g/mol. The number of piperidine rings is 1. The summed E-state index contributed by atoms with van der Waals surface area (Å²) in [5.74, 6) is 1.37. The van der Waals surface area contributed by atoms with Crippen LogP contribution < -0.4 is 35.7 Å². The molecule has 0 bridgehead atoms. The minimum absolute atomic E-state index is 0.159. The lowest BCUT2D eigenvalue weighted by molar-refractivity contribution is -0.120. The largest absolute Gasteiger partial charge is 0.493 e. The Morgan fingerprint density at radius 3 is 2.23 bits per heavy atom. The molecule has 31 heavy (non-hydrogen) atoms. The molecule has 168 valence electrons. The zero-order valence-corrected chi connectivity index (χ0v) is 18.4. The topological polar surface area (TPSA) is 104 Å². The lowest BCUT2D eigenvalue weighted by Crippen LogP contribution is -2.45. The van der Waals surface area contributed by atoms with Gasteiger partial charge in [-0.05, 0) is 12.8 Å². The van der Waals surface area contributed by atoms with Crippen molar-refractivity contribution in [1.82, 2.24) is 9.13 Å². The minimum Gasteiger partial charge on any atom is -0.493 e. The summed E-state index contributed by atoms with van der Waals surface area (Å²) < 4.78 is 18.5. The summed E-state index contributed by atoms with van der Waals surface area (Å²) in [7, 11) is 7.60. The highest BCUT2D eigenvalue weighted by Gasteiger charge is 2.28. The Hall–Kier alpha value is -3.43. The highest BCUT2D eigenvalue weighted by atomic mass is 16.5. The third-order valence-electron chi connectivity index (χ3n) is 5.55. The average Bonchev–Trinajstić information content (AvgIpc) is 2.79. The standard InChI is InChI=1S/C21H28N4O6/c1-23-17(11-18(26)24(2)21(23)28)25-8-6-7-13(12-25)20(27)22-14-9-15(29-3)19(31-5)16(10-14)30-4/h9-11,13H,6-8,12H2,1-5H3,(H,22,27). The van der Waals surface area contributed by atoms with E-state index in [2.05, 4.69) is 5.32 Å². The third kappa shape index (κ3) is 4.37. The van der Waals surface area contributed by atoms with Gasteiger partial charge < -0.3 is 24.4 Å². The number of rotatable bonds is 6.